The van der Waals surface area contributed by atoms with E-state index in [1.165, 1.54) is 4.57 Å². The van der Waals surface area contributed by atoms with Crippen molar-refractivity contribution in [2.45, 2.75) is 6.92 Å². The molecule has 0 aliphatic rings. The van der Waals surface area contributed by atoms with Crippen LogP contribution in [0.15, 0.2) is 47.3 Å². The monoisotopic (exact) mass is 338 g/mol. The van der Waals surface area contributed by atoms with Crippen molar-refractivity contribution in [3.8, 4) is 11.4 Å². The second-order valence-electron chi connectivity index (χ2n) is 5.50. The van der Waals surface area contributed by atoms with Crippen LogP contribution in [0, 0.1) is 11.7 Å². The largest absolute Gasteiger partial charge is 0.495 e. The molecule has 2 heterocycles. The molecule has 0 unspecified atom stereocenters. The molecular weight excluding hydrogens is 324 g/mol. The molecule has 0 aliphatic heterocycles. The SMILES string of the molecule is COc1ccc(C)cc1-n1c(=O)c2ccccc2n2c(=S)[nH]nc12. The third kappa shape index (κ3) is 1.98. The first-order valence-electron chi connectivity index (χ1n) is 7.37. The summed E-state index contributed by atoms with van der Waals surface area (Å²) in [4.78, 5) is 13.1. The fourth-order valence-electron chi connectivity index (χ4n) is 2.91. The molecule has 0 spiro atoms. The zero-order valence-electron chi connectivity index (χ0n) is 13.1. The van der Waals surface area contributed by atoms with E-state index in [1.54, 1.807) is 17.6 Å². The number of aromatic amines is 1. The van der Waals surface area contributed by atoms with Gasteiger partial charge in [-0.15, -0.1) is 5.10 Å². The maximum Gasteiger partial charge on any atom is 0.267 e. The number of aromatic nitrogens is 4. The van der Waals surface area contributed by atoms with Crippen LogP contribution in [0.4, 0.5) is 0 Å². The highest BCUT2D eigenvalue weighted by Crippen LogP contribution is 2.25. The molecule has 6 nitrogen and oxygen atoms in total. The number of methoxy groups -OCH3 is 1. The first kappa shape index (κ1) is 14.6. The van der Waals surface area contributed by atoms with Crippen LogP contribution in [0.3, 0.4) is 0 Å². The summed E-state index contributed by atoms with van der Waals surface area (Å²) in [7, 11) is 1.58. The Morgan fingerprint density at radius 3 is 2.79 bits per heavy atom. The van der Waals surface area contributed by atoms with Crippen LogP contribution in [0.25, 0.3) is 22.4 Å². The molecule has 120 valence electrons. The van der Waals surface area contributed by atoms with E-state index in [4.69, 9.17) is 17.0 Å². The number of fused-ring (bicyclic) bond motifs is 3. The van der Waals surface area contributed by atoms with Crippen molar-refractivity contribution in [1.82, 2.24) is 19.2 Å². The van der Waals surface area contributed by atoms with Crippen molar-refractivity contribution in [2.24, 2.45) is 0 Å². The predicted molar refractivity (Wildman–Crippen MR) is 94.8 cm³/mol. The van der Waals surface area contributed by atoms with Gasteiger partial charge < -0.3 is 4.74 Å². The van der Waals surface area contributed by atoms with E-state index in [9.17, 15) is 4.79 Å². The molecule has 24 heavy (non-hydrogen) atoms. The molecule has 1 N–H and O–H groups in total. The van der Waals surface area contributed by atoms with Crippen molar-refractivity contribution in [3.63, 3.8) is 0 Å². The van der Waals surface area contributed by atoms with Crippen molar-refractivity contribution in [1.29, 1.82) is 0 Å². The molecule has 0 atom stereocenters. The average Bonchev–Trinajstić information content (AvgIpc) is 2.97. The van der Waals surface area contributed by atoms with Gasteiger partial charge >= 0.3 is 0 Å². The van der Waals surface area contributed by atoms with E-state index in [0.717, 1.165) is 11.1 Å². The Bertz CT molecular complexity index is 1200. The van der Waals surface area contributed by atoms with Gasteiger partial charge in [-0.25, -0.2) is 9.67 Å². The number of H-pyrrole nitrogens is 1. The smallest absolute Gasteiger partial charge is 0.267 e. The lowest BCUT2D eigenvalue weighted by Crippen LogP contribution is -2.22. The number of ether oxygens (including phenoxy) is 1. The Balaban J connectivity index is 2.28. The second-order valence-corrected chi connectivity index (χ2v) is 5.88. The van der Waals surface area contributed by atoms with Crippen LogP contribution >= 0.6 is 12.2 Å². The minimum atomic E-state index is -0.170. The number of para-hydroxylation sites is 1. The summed E-state index contributed by atoms with van der Waals surface area (Å²) in [5.74, 6) is 1.02. The number of aryl methyl sites for hydroxylation is 1. The molecule has 0 bridgehead atoms. The molecule has 0 fully saturated rings. The van der Waals surface area contributed by atoms with Gasteiger partial charge in [0.25, 0.3) is 5.56 Å². The number of benzene rings is 2. The topological polar surface area (TPSA) is 64.3 Å². The summed E-state index contributed by atoms with van der Waals surface area (Å²) in [6, 6.07) is 13.0. The van der Waals surface area contributed by atoms with Crippen LogP contribution in [0.5, 0.6) is 5.75 Å². The van der Waals surface area contributed by atoms with Gasteiger partial charge in [-0.05, 0) is 49.0 Å². The fraction of sp³-hybridized carbons (Fsp3) is 0.118. The highest BCUT2D eigenvalue weighted by molar-refractivity contribution is 7.71. The van der Waals surface area contributed by atoms with Gasteiger partial charge in [0.2, 0.25) is 10.5 Å². The maximum absolute atomic E-state index is 13.1. The minimum absolute atomic E-state index is 0.170. The van der Waals surface area contributed by atoms with Gasteiger partial charge in [0.05, 0.1) is 23.7 Å². The van der Waals surface area contributed by atoms with Crippen molar-refractivity contribution < 1.29 is 4.74 Å². The molecule has 0 amide bonds. The van der Waals surface area contributed by atoms with Crippen LogP contribution in [-0.4, -0.2) is 26.3 Å². The van der Waals surface area contributed by atoms with Crippen LogP contribution in [0.2, 0.25) is 0 Å². The zero-order chi connectivity index (χ0) is 16.8. The maximum atomic E-state index is 13.1. The molecule has 2 aromatic heterocycles. The Morgan fingerprint density at radius 2 is 2.00 bits per heavy atom. The minimum Gasteiger partial charge on any atom is -0.495 e. The molecule has 7 heteroatoms. The summed E-state index contributed by atoms with van der Waals surface area (Å²) in [6.45, 7) is 1.96. The normalized spacial score (nSPS) is 11.2. The summed E-state index contributed by atoms with van der Waals surface area (Å²) < 4.78 is 9.16. The van der Waals surface area contributed by atoms with E-state index in [0.29, 0.717) is 27.4 Å². The average molecular weight is 338 g/mol. The van der Waals surface area contributed by atoms with E-state index in [2.05, 4.69) is 10.2 Å². The van der Waals surface area contributed by atoms with Gasteiger partial charge in [0.15, 0.2) is 0 Å². The van der Waals surface area contributed by atoms with Crippen LogP contribution in [-0.2, 0) is 0 Å². The van der Waals surface area contributed by atoms with Crippen molar-refractivity contribution in [3.05, 3.63) is 63.2 Å². The summed E-state index contributed by atoms with van der Waals surface area (Å²) >= 11 is 5.35. The lowest BCUT2D eigenvalue weighted by atomic mass is 10.2. The van der Waals surface area contributed by atoms with E-state index in [1.807, 2.05) is 43.3 Å². The lowest BCUT2D eigenvalue weighted by molar-refractivity contribution is 0.412. The molecule has 0 aliphatic carbocycles. The number of hydrogen-bond donors (Lipinski definition) is 1. The molecule has 4 aromatic rings. The predicted octanol–water partition coefficient (Wildman–Crippen LogP) is 3.01. The Morgan fingerprint density at radius 1 is 1.21 bits per heavy atom. The molecule has 0 radical (unpaired) electrons. The summed E-state index contributed by atoms with van der Waals surface area (Å²) in [5, 5.41) is 7.60. The zero-order valence-corrected chi connectivity index (χ0v) is 13.9. The molecular formula is C17H14N4O2S. The summed E-state index contributed by atoms with van der Waals surface area (Å²) in [5.41, 5.74) is 2.19. The van der Waals surface area contributed by atoms with E-state index < -0.39 is 0 Å². The third-order valence-corrected chi connectivity index (χ3v) is 4.28. The summed E-state index contributed by atoms with van der Waals surface area (Å²) in [6.07, 6.45) is 0. The fourth-order valence-corrected chi connectivity index (χ4v) is 3.13. The standard InChI is InChI=1S/C17H14N4O2S/c1-10-7-8-14(23-2)13(9-10)20-15(22)11-5-3-4-6-12(11)21-16(20)18-19-17(21)24/h3-9H,1-2H3,(H,19,24). The quantitative estimate of drug-likeness (QED) is 0.571. The van der Waals surface area contributed by atoms with Gasteiger partial charge in [-0.3, -0.25) is 9.20 Å². The van der Waals surface area contributed by atoms with Gasteiger partial charge in [-0.1, -0.05) is 18.2 Å². The number of nitrogens with zero attached hydrogens (tertiary/aromatic N) is 3. The molecule has 0 saturated heterocycles. The van der Waals surface area contributed by atoms with Gasteiger partial charge in [0.1, 0.15) is 5.75 Å². The highest BCUT2D eigenvalue weighted by atomic mass is 32.1. The second kappa shape index (κ2) is 5.31. The first-order valence-corrected chi connectivity index (χ1v) is 7.78. The molecule has 2 aromatic carbocycles. The van der Waals surface area contributed by atoms with E-state index in [-0.39, 0.29) is 5.56 Å². The van der Waals surface area contributed by atoms with Gasteiger partial charge in [-0.2, -0.15) is 0 Å². The van der Waals surface area contributed by atoms with Crippen LogP contribution in [0.1, 0.15) is 5.56 Å². The first-order chi connectivity index (χ1) is 11.6. The third-order valence-electron chi connectivity index (χ3n) is 4.01. The molecule has 0 saturated carbocycles. The Labute approximate surface area is 141 Å². The molecule has 4 rings (SSSR count). The highest BCUT2D eigenvalue weighted by Gasteiger charge is 2.17. The van der Waals surface area contributed by atoms with E-state index >= 15 is 0 Å². The van der Waals surface area contributed by atoms with Crippen molar-refractivity contribution in [2.75, 3.05) is 7.11 Å². The lowest BCUT2D eigenvalue weighted by Gasteiger charge is -2.14. The van der Waals surface area contributed by atoms with Crippen molar-refractivity contribution >= 4 is 28.9 Å². The Hall–Kier alpha value is -2.93. The van der Waals surface area contributed by atoms with Crippen LogP contribution < -0.4 is 10.3 Å². The van der Waals surface area contributed by atoms with Gasteiger partial charge in [0, 0.05) is 0 Å². The number of nitrogens with one attached hydrogen (secondary N) is 1. The number of rotatable bonds is 2. The Kier molecular flexibility index (Phi) is 3.24. The number of hydrogen-bond acceptors (Lipinski definition) is 4.